The van der Waals surface area contributed by atoms with E-state index in [-0.39, 0.29) is 12.1 Å². The third-order valence-corrected chi connectivity index (χ3v) is 2.48. The van der Waals surface area contributed by atoms with Crippen LogP contribution in [0.4, 0.5) is 17.6 Å². The van der Waals surface area contributed by atoms with E-state index in [0.29, 0.717) is 12.6 Å². The van der Waals surface area contributed by atoms with Crippen molar-refractivity contribution in [2.24, 2.45) is 0 Å². The monoisotopic (exact) mass is 273 g/mol. The minimum atomic E-state index is -4.54. The Kier molecular flexibility index (Phi) is 3.84. The summed E-state index contributed by atoms with van der Waals surface area (Å²) >= 11 is 0. The maximum absolute atomic E-state index is 13.1. The molecule has 3 nitrogen and oxygen atoms in total. The van der Waals surface area contributed by atoms with Crippen molar-refractivity contribution in [3.05, 3.63) is 53.4 Å². The van der Waals surface area contributed by atoms with E-state index in [0.717, 1.165) is 17.8 Å². The van der Waals surface area contributed by atoms with Crippen molar-refractivity contribution < 1.29 is 17.6 Å². The lowest BCUT2D eigenvalue weighted by atomic mass is 10.1. The first-order valence-corrected chi connectivity index (χ1v) is 5.50. The summed E-state index contributed by atoms with van der Waals surface area (Å²) in [5, 5.41) is 2.90. The van der Waals surface area contributed by atoms with Crippen LogP contribution in [0.3, 0.4) is 0 Å². The van der Waals surface area contributed by atoms with Crippen molar-refractivity contribution in [3.8, 4) is 0 Å². The van der Waals surface area contributed by atoms with Gasteiger partial charge in [0.25, 0.3) is 0 Å². The molecule has 0 aliphatic heterocycles. The zero-order valence-electron chi connectivity index (χ0n) is 9.76. The highest BCUT2D eigenvalue weighted by atomic mass is 19.4. The zero-order chi connectivity index (χ0) is 13.9. The van der Waals surface area contributed by atoms with Gasteiger partial charge in [-0.25, -0.2) is 9.37 Å². The smallest absolute Gasteiger partial charge is 0.347 e. The first kappa shape index (κ1) is 13.5. The van der Waals surface area contributed by atoms with Crippen molar-refractivity contribution >= 4 is 0 Å². The summed E-state index contributed by atoms with van der Waals surface area (Å²) in [5.74, 6) is -0.895. The molecule has 2 aromatic rings. The summed E-state index contributed by atoms with van der Waals surface area (Å²) in [6, 6.07) is 2.50. The van der Waals surface area contributed by atoms with Gasteiger partial charge >= 0.3 is 6.18 Å². The number of H-pyrrole nitrogens is 1. The molecule has 7 heteroatoms. The van der Waals surface area contributed by atoms with Gasteiger partial charge in [0, 0.05) is 25.0 Å². The van der Waals surface area contributed by atoms with Crippen LogP contribution in [-0.4, -0.2) is 9.97 Å². The van der Waals surface area contributed by atoms with Crippen LogP contribution in [0.25, 0.3) is 0 Å². The predicted octanol–water partition coefficient (Wildman–Crippen LogP) is 2.86. The van der Waals surface area contributed by atoms with Gasteiger partial charge in [-0.2, -0.15) is 13.2 Å². The second kappa shape index (κ2) is 5.40. The SMILES string of the molecule is Fc1cc(CNCc2cnc[nH]2)cc(C(F)(F)F)c1. The number of nitrogens with one attached hydrogen (secondary N) is 2. The summed E-state index contributed by atoms with van der Waals surface area (Å²) in [4.78, 5) is 6.65. The maximum atomic E-state index is 13.1. The van der Waals surface area contributed by atoms with Crippen LogP contribution in [0.5, 0.6) is 0 Å². The molecule has 102 valence electrons. The van der Waals surface area contributed by atoms with Gasteiger partial charge in [-0.05, 0) is 23.8 Å². The number of benzene rings is 1. The lowest BCUT2D eigenvalue weighted by molar-refractivity contribution is -0.137. The summed E-state index contributed by atoms with van der Waals surface area (Å²) < 4.78 is 50.6. The first-order valence-electron chi connectivity index (χ1n) is 5.50. The average molecular weight is 273 g/mol. The molecule has 0 radical (unpaired) electrons. The molecule has 0 amide bonds. The van der Waals surface area contributed by atoms with Gasteiger partial charge in [-0.3, -0.25) is 0 Å². The van der Waals surface area contributed by atoms with Gasteiger partial charge in [0.05, 0.1) is 11.9 Å². The Hall–Kier alpha value is -1.89. The van der Waals surface area contributed by atoms with Crippen molar-refractivity contribution in [2.45, 2.75) is 19.3 Å². The highest BCUT2D eigenvalue weighted by molar-refractivity contribution is 5.26. The molecular weight excluding hydrogens is 262 g/mol. The van der Waals surface area contributed by atoms with Crippen LogP contribution in [0.2, 0.25) is 0 Å². The second-order valence-corrected chi connectivity index (χ2v) is 4.03. The Labute approximate surface area is 106 Å². The van der Waals surface area contributed by atoms with Crippen molar-refractivity contribution in [3.63, 3.8) is 0 Å². The fourth-order valence-corrected chi connectivity index (χ4v) is 1.64. The normalized spacial score (nSPS) is 11.8. The van der Waals surface area contributed by atoms with Crippen molar-refractivity contribution in [1.82, 2.24) is 15.3 Å². The van der Waals surface area contributed by atoms with E-state index < -0.39 is 17.6 Å². The highest BCUT2D eigenvalue weighted by Gasteiger charge is 2.31. The second-order valence-electron chi connectivity index (χ2n) is 4.03. The van der Waals surface area contributed by atoms with Gasteiger partial charge in [0.15, 0.2) is 0 Å². The standard InChI is InChI=1S/C12H11F4N3/c13-10-2-8(1-9(3-10)12(14,15)16)4-17-5-11-6-18-7-19-11/h1-3,6-7,17H,4-5H2,(H,18,19). The molecule has 0 saturated carbocycles. The molecule has 1 aromatic heterocycles. The molecule has 0 atom stereocenters. The minimum Gasteiger partial charge on any atom is -0.347 e. The van der Waals surface area contributed by atoms with E-state index in [1.54, 1.807) is 6.20 Å². The zero-order valence-corrected chi connectivity index (χ0v) is 9.76. The molecule has 0 fully saturated rings. The van der Waals surface area contributed by atoms with E-state index in [1.165, 1.54) is 6.33 Å². The minimum absolute atomic E-state index is 0.139. The molecule has 2 N–H and O–H groups in total. The fourth-order valence-electron chi connectivity index (χ4n) is 1.64. The fraction of sp³-hybridized carbons (Fsp3) is 0.250. The number of hydrogen-bond donors (Lipinski definition) is 2. The van der Waals surface area contributed by atoms with E-state index in [1.807, 2.05) is 0 Å². The molecule has 0 aliphatic carbocycles. The lowest BCUT2D eigenvalue weighted by Crippen LogP contribution is -2.14. The van der Waals surface area contributed by atoms with Crippen molar-refractivity contribution in [2.75, 3.05) is 0 Å². The van der Waals surface area contributed by atoms with E-state index in [2.05, 4.69) is 15.3 Å². The third-order valence-electron chi connectivity index (χ3n) is 2.48. The Morgan fingerprint density at radius 3 is 2.58 bits per heavy atom. The lowest BCUT2D eigenvalue weighted by Gasteiger charge is -2.10. The van der Waals surface area contributed by atoms with Gasteiger partial charge in [-0.15, -0.1) is 0 Å². The number of imidazole rings is 1. The number of aromatic amines is 1. The number of hydrogen-bond acceptors (Lipinski definition) is 2. The Morgan fingerprint density at radius 2 is 1.95 bits per heavy atom. The van der Waals surface area contributed by atoms with Crippen LogP contribution >= 0.6 is 0 Å². The molecule has 0 saturated heterocycles. The average Bonchev–Trinajstić information content (AvgIpc) is 2.80. The van der Waals surface area contributed by atoms with Crippen molar-refractivity contribution in [1.29, 1.82) is 0 Å². The molecule has 0 aliphatic rings. The van der Waals surface area contributed by atoms with Gasteiger partial charge < -0.3 is 10.3 Å². The molecule has 19 heavy (non-hydrogen) atoms. The number of aromatic nitrogens is 2. The topological polar surface area (TPSA) is 40.7 Å². The largest absolute Gasteiger partial charge is 0.416 e. The van der Waals surface area contributed by atoms with Gasteiger partial charge in [-0.1, -0.05) is 0 Å². The van der Waals surface area contributed by atoms with E-state index >= 15 is 0 Å². The van der Waals surface area contributed by atoms with Crippen LogP contribution in [0.1, 0.15) is 16.8 Å². The Balaban J connectivity index is 2.02. The summed E-state index contributed by atoms with van der Waals surface area (Å²) in [5.41, 5.74) is 0.0603. The molecule has 1 aromatic carbocycles. The number of alkyl halides is 3. The van der Waals surface area contributed by atoms with E-state index in [9.17, 15) is 17.6 Å². The number of nitrogens with zero attached hydrogens (tertiary/aromatic N) is 1. The van der Waals surface area contributed by atoms with Gasteiger partial charge in [0.1, 0.15) is 5.82 Å². The summed E-state index contributed by atoms with van der Waals surface area (Å²) in [7, 11) is 0. The van der Waals surface area contributed by atoms with Crippen LogP contribution in [0.15, 0.2) is 30.7 Å². The number of halogens is 4. The summed E-state index contributed by atoms with van der Waals surface area (Å²) in [6.45, 7) is 0.553. The Morgan fingerprint density at radius 1 is 1.16 bits per heavy atom. The van der Waals surface area contributed by atoms with Crippen LogP contribution < -0.4 is 5.32 Å². The molecule has 0 spiro atoms. The van der Waals surface area contributed by atoms with Crippen LogP contribution in [-0.2, 0) is 19.3 Å². The third kappa shape index (κ3) is 3.78. The quantitative estimate of drug-likeness (QED) is 0.841. The number of rotatable bonds is 4. The Bertz CT molecular complexity index is 534. The maximum Gasteiger partial charge on any atom is 0.416 e. The van der Waals surface area contributed by atoms with Gasteiger partial charge in [0.2, 0.25) is 0 Å². The molecule has 1 heterocycles. The van der Waals surface area contributed by atoms with Crippen LogP contribution in [0, 0.1) is 5.82 Å². The highest BCUT2D eigenvalue weighted by Crippen LogP contribution is 2.30. The first-order chi connectivity index (χ1) is 8.95. The summed E-state index contributed by atoms with van der Waals surface area (Å²) in [6.07, 6.45) is -1.44. The molecule has 2 rings (SSSR count). The van der Waals surface area contributed by atoms with E-state index in [4.69, 9.17) is 0 Å². The molecule has 0 unspecified atom stereocenters. The molecule has 0 bridgehead atoms. The predicted molar refractivity (Wildman–Crippen MR) is 60.5 cm³/mol. The molecular formula is C12H11F4N3.